The lowest BCUT2D eigenvalue weighted by molar-refractivity contribution is -0.129. The molecule has 0 spiro atoms. The molecule has 21 heavy (non-hydrogen) atoms. The van der Waals surface area contributed by atoms with Crippen molar-refractivity contribution in [1.82, 2.24) is 0 Å². The Morgan fingerprint density at radius 3 is 2.33 bits per heavy atom. The van der Waals surface area contributed by atoms with E-state index in [1.165, 1.54) is 0 Å². The van der Waals surface area contributed by atoms with E-state index in [1.54, 1.807) is 20.8 Å². The van der Waals surface area contributed by atoms with Crippen LogP contribution in [0.25, 0.3) is 0 Å². The van der Waals surface area contributed by atoms with E-state index < -0.39 is 44.3 Å². The van der Waals surface area contributed by atoms with E-state index >= 15 is 0 Å². The number of halogens is 1. The summed E-state index contributed by atoms with van der Waals surface area (Å²) in [5, 5.41) is 4.90. The number of carbonyl (C=O) groups is 2. The number of carbonyl (C=O) groups excluding carboxylic acids is 2. The van der Waals surface area contributed by atoms with Crippen LogP contribution in [0.4, 0.5) is 4.39 Å². The van der Waals surface area contributed by atoms with Crippen LogP contribution in [0.2, 0.25) is 0 Å². The van der Waals surface area contributed by atoms with Gasteiger partial charge in [0.2, 0.25) is 10.0 Å². The van der Waals surface area contributed by atoms with Crippen LogP contribution in [0.3, 0.4) is 0 Å². The van der Waals surface area contributed by atoms with Gasteiger partial charge in [-0.05, 0) is 18.2 Å². The number of Topliss-reactive ketones (excluding diaryl/α,β-unsaturated/α-hetero) is 1. The maximum atomic E-state index is 13.5. The van der Waals surface area contributed by atoms with Gasteiger partial charge >= 0.3 is 5.97 Å². The Morgan fingerprint density at radius 1 is 1.29 bits per heavy atom. The fourth-order valence-corrected chi connectivity index (χ4v) is 1.80. The molecule has 0 unspecified atom stereocenters. The summed E-state index contributed by atoms with van der Waals surface area (Å²) in [4.78, 5) is 22.9. The standard InChI is InChI=1S/C13H16FNO5S/c1-13(2,3)11(16)7-20-12(17)9-6-8(21(15,18)19)4-5-10(9)14/h4-6H,7H2,1-3H3,(H2,15,18,19). The summed E-state index contributed by atoms with van der Waals surface area (Å²) in [6.45, 7) is 4.41. The van der Waals surface area contributed by atoms with Crippen molar-refractivity contribution in [2.24, 2.45) is 10.6 Å². The van der Waals surface area contributed by atoms with Gasteiger partial charge in [-0.1, -0.05) is 20.8 Å². The van der Waals surface area contributed by atoms with Crippen molar-refractivity contribution in [3.8, 4) is 0 Å². The normalized spacial score (nSPS) is 12.0. The van der Waals surface area contributed by atoms with Gasteiger partial charge in [-0.15, -0.1) is 0 Å². The Labute approximate surface area is 122 Å². The second kappa shape index (κ2) is 5.90. The zero-order valence-electron chi connectivity index (χ0n) is 11.8. The first-order valence-corrected chi connectivity index (χ1v) is 7.50. The van der Waals surface area contributed by atoms with Gasteiger partial charge in [-0.25, -0.2) is 22.7 Å². The van der Waals surface area contributed by atoms with E-state index in [2.05, 4.69) is 0 Å². The van der Waals surface area contributed by atoms with E-state index in [0.29, 0.717) is 0 Å². The summed E-state index contributed by atoms with van der Waals surface area (Å²) in [6, 6.07) is 2.50. The third-order valence-electron chi connectivity index (χ3n) is 2.66. The molecular weight excluding hydrogens is 301 g/mol. The van der Waals surface area contributed by atoms with Crippen molar-refractivity contribution >= 4 is 21.8 Å². The zero-order chi connectivity index (χ0) is 16.4. The SMILES string of the molecule is CC(C)(C)C(=O)COC(=O)c1cc(S(N)(=O)=O)ccc1F. The van der Waals surface area contributed by atoms with Gasteiger partial charge in [0.25, 0.3) is 0 Å². The highest BCUT2D eigenvalue weighted by Crippen LogP contribution is 2.17. The molecule has 2 N–H and O–H groups in total. The first kappa shape index (κ1) is 17.3. The second-order valence-electron chi connectivity index (χ2n) is 5.44. The minimum Gasteiger partial charge on any atom is -0.454 e. The van der Waals surface area contributed by atoms with E-state index in [1.807, 2.05) is 0 Å². The molecule has 1 rings (SSSR count). The Kier molecular flexibility index (Phi) is 4.85. The summed E-state index contributed by atoms with van der Waals surface area (Å²) in [7, 11) is -4.07. The fraction of sp³-hybridized carbons (Fsp3) is 0.385. The Balaban J connectivity index is 2.96. The van der Waals surface area contributed by atoms with Gasteiger partial charge in [0.15, 0.2) is 12.4 Å². The van der Waals surface area contributed by atoms with Crippen LogP contribution in [0.5, 0.6) is 0 Å². The summed E-state index contributed by atoms with van der Waals surface area (Å²) < 4.78 is 40.6. The fourth-order valence-electron chi connectivity index (χ4n) is 1.26. The average Bonchev–Trinajstić information content (AvgIpc) is 2.33. The molecule has 0 radical (unpaired) electrons. The van der Waals surface area contributed by atoms with E-state index in [0.717, 1.165) is 18.2 Å². The number of hydrogen-bond donors (Lipinski definition) is 1. The van der Waals surface area contributed by atoms with E-state index in [4.69, 9.17) is 9.88 Å². The molecule has 0 saturated carbocycles. The van der Waals surface area contributed by atoms with Crippen molar-refractivity contribution in [3.05, 3.63) is 29.6 Å². The molecule has 116 valence electrons. The number of rotatable bonds is 4. The molecule has 0 aliphatic heterocycles. The molecule has 0 fully saturated rings. The summed E-state index contributed by atoms with van der Waals surface area (Å²) in [6.07, 6.45) is 0. The van der Waals surface area contributed by atoms with Crippen LogP contribution in [-0.4, -0.2) is 26.8 Å². The number of hydrogen-bond acceptors (Lipinski definition) is 5. The zero-order valence-corrected chi connectivity index (χ0v) is 12.7. The lowest BCUT2D eigenvalue weighted by atomic mass is 9.91. The maximum absolute atomic E-state index is 13.5. The minimum atomic E-state index is -4.07. The van der Waals surface area contributed by atoms with Gasteiger partial charge < -0.3 is 4.74 Å². The maximum Gasteiger partial charge on any atom is 0.341 e. The Bertz CT molecular complexity index is 676. The predicted octanol–water partition coefficient (Wildman–Crippen LogP) is 1.25. The topological polar surface area (TPSA) is 104 Å². The summed E-state index contributed by atoms with van der Waals surface area (Å²) >= 11 is 0. The molecular formula is C13H16FNO5S. The third-order valence-corrected chi connectivity index (χ3v) is 3.57. The van der Waals surface area contributed by atoms with Crippen molar-refractivity contribution in [2.75, 3.05) is 6.61 Å². The van der Waals surface area contributed by atoms with Crippen LogP contribution >= 0.6 is 0 Å². The number of esters is 1. The smallest absolute Gasteiger partial charge is 0.341 e. The average molecular weight is 317 g/mol. The molecule has 1 aromatic carbocycles. The lowest BCUT2D eigenvalue weighted by Gasteiger charge is -2.16. The lowest BCUT2D eigenvalue weighted by Crippen LogP contribution is -2.26. The second-order valence-corrected chi connectivity index (χ2v) is 7.00. The number of primary sulfonamides is 1. The van der Waals surface area contributed by atoms with E-state index in [9.17, 15) is 22.4 Å². The molecule has 0 bridgehead atoms. The Hall–Kier alpha value is -1.80. The minimum absolute atomic E-state index is 0.348. The van der Waals surface area contributed by atoms with Crippen LogP contribution in [0, 0.1) is 11.2 Å². The van der Waals surface area contributed by atoms with Gasteiger partial charge in [0.05, 0.1) is 10.5 Å². The molecule has 0 aliphatic rings. The molecule has 0 aromatic heterocycles. The highest BCUT2D eigenvalue weighted by Gasteiger charge is 2.24. The molecule has 0 saturated heterocycles. The van der Waals surface area contributed by atoms with E-state index in [-0.39, 0.29) is 5.78 Å². The van der Waals surface area contributed by atoms with Crippen LogP contribution in [-0.2, 0) is 19.6 Å². The van der Waals surface area contributed by atoms with Gasteiger partial charge in [0, 0.05) is 5.41 Å². The number of ketones is 1. The van der Waals surface area contributed by atoms with Crippen molar-refractivity contribution < 1.29 is 27.1 Å². The first-order chi connectivity index (χ1) is 9.43. The first-order valence-electron chi connectivity index (χ1n) is 5.95. The number of benzene rings is 1. The van der Waals surface area contributed by atoms with Crippen LogP contribution < -0.4 is 5.14 Å². The highest BCUT2D eigenvalue weighted by atomic mass is 32.2. The Morgan fingerprint density at radius 2 is 1.86 bits per heavy atom. The molecule has 0 atom stereocenters. The highest BCUT2D eigenvalue weighted by molar-refractivity contribution is 7.89. The summed E-state index contributed by atoms with van der Waals surface area (Å²) in [5.41, 5.74) is -1.30. The molecule has 1 aromatic rings. The van der Waals surface area contributed by atoms with Crippen LogP contribution in [0.1, 0.15) is 31.1 Å². The van der Waals surface area contributed by atoms with Crippen molar-refractivity contribution in [1.29, 1.82) is 0 Å². The molecule has 6 nitrogen and oxygen atoms in total. The van der Waals surface area contributed by atoms with Crippen LogP contribution in [0.15, 0.2) is 23.1 Å². The van der Waals surface area contributed by atoms with Gasteiger partial charge in [-0.2, -0.15) is 0 Å². The largest absolute Gasteiger partial charge is 0.454 e. The quantitative estimate of drug-likeness (QED) is 0.842. The van der Waals surface area contributed by atoms with Crippen molar-refractivity contribution in [3.63, 3.8) is 0 Å². The number of ether oxygens (including phenoxy) is 1. The number of sulfonamides is 1. The molecule has 8 heteroatoms. The predicted molar refractivity (Wildman–Crippen MR) is 72.5 cm³/mol. The monoisotopic (exact) mass is 317 g/mol. The van der Waals surface area contributed by atoms with Gasteiger partial charge in [-0.3, -0.25) is 4.79 Å². The van der Waals surface area contributed by atoms with Crippen molar-refractivity contribution in [2.45, 2.75) is 25.7 Å². The third kappa shape index (κ3) is 4.61. The number of nitrogens with two attached hydrogens (primary N) is 1. The van der Waals surface area contributed by atoms with Gasteiger partial charge in [0.1, 0.15) is 5.82 Å². The molecule has 0 heterocycles. The molecule has 0 amide bonds. The molecule has 0 aliphatic carbocycles. The summed E-state index contributed by atoms with van der Waals surface area (Å²) in [5.74, 6) is -2.44.